The van der Waals surface area contributed by atoms with Crippen molar-refractivity contribution in [2.24, 2.45) is 5.11 Å². The minimum atomic E-state index is 0.514. The zero-order valence-electron chi connectivity index (χ0n) is 11.1. The van der Waals surface area contributed by atoms with E-state index in [1.165, 1.54) is 5.56 Å². The van der Waals surface area contributed by atoms with Crippen LogP contribution in [0.15, 0.2) is 54.2 Å². The molecule has 0 aliphatic rings. The number of pyridine rings is 2. The first-order chi connectivity index (χ1) is 9.86. The van der Waals surface area contributed by atoms with Gasteiger partial charge in [0.25, 0.3) is 0 Å². The van der Waals surface area contributed by atoms with Gasteiger partial charge in [-0.3, -0.25) is 9.97 Å². The molecule has 2 aromatic rings. The number of aryl methyl sites for hydroxylation is 1. The van der Waals surface area contributed by atoms with Gasteiger partial charge in [0.15, 0.2) is 0 Å². The molecule has 2 heterocycles. The fourth-order valence-corrected chi connectivity index (χ4v) is 1.89. The third-order valence-electron chi connectivity index (χ3n) is 2.45. The molecule has 0 spiro atoms. The molecule has 0 unspecified atom stereocenters. The highest BCUT2D eigenvalue weighted by Gasteiger charge is 1.88. The Hall–Kier alpha value is -1.91. The SMILES string of the molecule is BrCCc1ccncc1.[N-]=[N+]=NCCc1ccncc1. The number of nitrogens with zero attached hydrogens (tertiary/aromatic N) is 5. The van der Waals surface area contributed by atoms with Crippen molar-refractivity contribution in [3.8, 4) is 0 Å². The van der Waals surface area contributed by atoms with Crippen molar-refractivity contribution in [2.45, 2.75) is 12.8 Å². The van der Waals surface area contributed by atoms with Crippen LogP contribution in [0.3, 0.4) is 0 Å². The average Bonchev–Trinajstić information content (AvgIpc) is 2.51. The fraction of sp³-hybridized carbons (Fsp3) is 0.286. The van der Waals surface area contributed by atoms with E-state index < -0.39 is 0 Å². The number of alkyl halides is 1. The van der Waals surface area contributed by atoms with Crippen LogP contribution in [0.1, 0.15) is 11.1 Å². The molecule has 0 saturated carbocycles. The molecule has 104 valence electrons. The molecule has 20 heavy (non-hydrogen) atoms. The molecule has 2 rings (SSSR count). The summed E-state index contributed by atoms with van der Waals surface area (Å²) in [6.45, 7) is 0.514. The zero-order chi connectivity index (χ0) is 14.5. The van der Waals surface area contributed by atoms with Crippen LogP contribution < -0.4 is 0 Å². The first-order valence-electron chi connectivity index (χ1n) is 6.21. The molecule has 0 fully saturated rings. The fourth-order valence-electron chi connectivity index (χ4n) is 1.43. The van der Waals surface area contributed by atoms with Gasteiger partial charge in [-0.15, -0.1) is 0 Å². The maximum absolute atomic E-state index is 7.99. The lowest BCUT2D eigenvalue weighted by atomic mass is 10.2. The maximum atomic E-state index is 7.99. The molecular formula is C14H16BrN5. The first-order valence-corrected chi connectivity index (χ1v) is 7.33. The van der Waals surface area contributed by atoms with Gasteiger partial charge in [-0.25, -0.2) is 0 Å². The van der Waals surface area contributed by atoms with E-state index in [0.717, 1.165) is 23.7 Å². The second-order valence-corrected chi connectivity index (χ2v) is 4.65. The summed E-state index contributed by atoms with van der Waals surface area (Å²) in [6, 6.07) is 7.88. The van der Waals surface area contributed by atoms with Gasteiger partial charge >= 0.3 is 0 Å². The molecule has 0 saturated heterocycles. The minimum Gasteiger partial charge on any atom is -0.265 e. The number of aromatic nitrogens is 2. The van der Waals surface area contributed by atoms with Crippen molar-refractivity contribution in [1.29, 1.82) is 0 Å². The van der Waals surface area contributed by atoms with Crippen molar-refractivity contribution in [3.05, 3.63) is 70.6 Å². The van der Waals surface area contributed by atoms with E-state index in [1.807, 2.05) is 36.7 Å². The summed E-state index contributed by atoms with van der Waals surface area (Å²) in [6.07, 6.45) is 8.96. The van der Waals surface area contributed by atoms with Crippen LogP contribution in [0, 0.1) is 0 Å². The molecule has 5 nitrogen and oxygen atoms in total. The molecular weight excluding hydrogens is 318 g/mol. The predicted octanol–water partition coefficient (Wildman–Crippen LogP) is 3.95. The topological polar surface area (TPSA) is 74.5 Å². The Bertz CT molecular complexity index is 512. The Morgan fingerprint density at radius 1 is 0.950 bits per heavy atom. The highest BCUT2D eigenvalue weighted by atomic mass is 79.9. The summed E-state index contributed by atoms with van der Waals surface area (Å²) in [5, 5.41) is 4.45. The Kier molecular flexibility index (Phi) is 8.85. The third-order valence-corrected chi connectivity index (χ3v) is 2.84. The number of hydrogen-bond acceptors (Lipinski definition) is 3. The molecule has 0 radical (unpaired) electrons. The number of azide groups is 1. The minimum absolute atomic E-state index is 0.514. The molecule has 0 bridgehead atoms. The van der Waals surface area contributed by atoms with E-state index >= 15 is 0 Å². The van der Waals surface area contributed by atoms with Gasteiger partial charge in [-0.05, 0) is 53.8 Å². The van der Waals surface area contributed by atoms with Crippen LogP contribution in [0.4, 0.5) is 0 Å². The quantitative estimate of drug-likeness (QED) is 0.359. The summed E-state index contributed by atoms with van der Waals surface area (Å²) in [4.78, 5) is 10.4. The van der Waals surface area contributed by atoms with Gasteiger partial charge in [-0.2, -0.15) is 0 Å². The smallest absolute Gasteiger partial charge is 0.0298 e. The monoisotopic (exact) mass is 333 g/mol. The maximum Gasteiger partial charge on any atom is 0.0298 e. The van der Waals surface area contributed by atoms with Crippen molar-refractivity contribution in [2.75, 3.05) is 11.9 Å². The third kappa shape index (κ3) is 7.51. The number of halogens is 1. The second-order valence-electron chi connectivity index (χ2n) is 3.85. The zero-order valence-corrected chi connectivity index (χ0v) is 12.6. The summed E-state index contributed by atoms with van der Waals surface area (Å²) < 4.78 is 0. The van der Waals surface area contributed by atoms with Crippen molar-refractivity contribution < 1.29 is 0 Å². The highest BCUT2D eigenvalue weighted by Crippen LogP contribution is 1.98. The molecule has 2 aromatic heterocycles. The van der Waals surface area contributed by atoms with E-state index in [0.29, 0.717) is 6.54 Å². The van der Waals surface area contributed by atoms with Crippen LogP contribution in [-0.4, -0.2) is 21.8 Å². The van der Waals surface area contributed by atoms with Crippen LogP contribution in [-0.2, 0) is 12.8 Å². The predicted molar refractivity (Wildman–Crippen MR) is 83.7 cm³/mol. The molecule has 0 aliphatic heterocycles. The van der Waals surface area contributed by atoms with Gasteiger partial charge < -0.3 is 0 Å². The number of hydrogen-bond donors (Lipinski definition) is 0. The average molecular weight is 334 g/mol. The van der Waals surface area contributed by atoms with Crippen molar-refractivity contribution in [1.82, 2.24) is 9.97 Å². The molecule has 0 N–H and O–H groups in total. The number of rotatable bonds is 5. The summed E-state index contributed by atoms with van der Waals surface area (Å²) in [5.74, 6) is 0. The molecule has 0 aromatic carbocycles. The first kappa shape index (κ1) is 16.1. The van der Waals surface area contributed by atoms with Crippen LogP contribution in [0.25, 0.3) is 10.4 Å². The summed E-state index contributed by atoms with van der Waals surface area (Å²) in [7, 11) is 0. The second kappa shape index (κ2) is 11.0. The van der Waals surface area contributed by atoms with Crippen LogP contribution in [0.5, 0.6) is 0 Å². The lowest BCUT2D eigenvalue weighted by Crippen LogP contribution is -1.87. The van der Waals surface area contributed by atoms with Gasteiger partial charge in [0.05, 0.1) is 0 Å². The molecule has 6 heteroatoms. The highest BCUT2D eigenvalue weighted by molar-refractivity contribution is 9.09. The van der Waals surface area contributed by atoms with E-state index in [1.54, 1.807) is 12.4 Å². The molecule has 0 amide bonds. The van der Waals surface area contributed by atoms with E-state index in [2.05, 4.69) is 35.9 Å². The van der Waals surface area contributed by atoms with Gasteiger partial charge in [0.2, 0.25) is 0 Å². The van der Waals surface area contributed by atoms with E-state index in [-0.39, 0.29) is 0 Å². The Balaban J connectivity index is 0.000000204. The Labute approximate surface area is 126 Å². The Morgan fingerprint density at radius 3 is 1.90 bits per heavy atom. The van der Waals surface area contributed by atoms with E-state index in [4.69, 9.17) is 5.53 Å². The van der Waals surface area contributed by atoms with Gasteiger partial charge in [-0.1, -0.05) is 21.0 Å². The lowest BCUT2D eigenvalue weighted by Gasteiger charge is -1.93. The van der Waals surface area contributed by atoms with Crippen molar-refractivity contribution >= 4 is 15.9 Å². The van der Waals surface area contributed by atoms with E-state index in [9.17, 15) is 0 Å². The van der Waals surface area contributed by atoms with Gasteiger partial charge in [0.1, 0.15) is 0 Å². The largest absolute Gasteiger partial charge is 0.265 e. The van der Waals surface area contributed by atoms with Crippen LogP contribution in [0.2, 0.25) is 0 Å². The molecule has 0 atom stereocenters. The Morgan fingerprint density at radius 2 is 1.45 bits per heavy atom. The van der Waals surface area contributed by atoms with Gasteiger partial charge in [0, 0.05) is 41.6 Å². The lowest BCUT2D eigenvalue weighted by molar-refractivity contribution is 0.952. The normalized spacial score (nSPS) is 9.05. The van der Waals surface area contributed by atoms with Crippen molar-refractivity contribution in [3.63, 3.8) is 0 Å². The summed E-state index contributed by atoms with van der Waals surface area (Å²) >= 11 is 3.37. The standard InChI is InChI=1S/C7H8BrN.C7H8N4/c8-4-1-7-2-5-9-6-3-7;8-11-10-6-3-7-1-4-9-5-2-7/h2-3,5-6H,1,4H2;1-2,4-5H,3,6H2. The molecule has 0 aliphatic carbocycles. The van der Waals surface area contributed by atoms with Crippen LogP contribution >= 0.6 is 15.9 Å². The summed E-state index contributed by atoms with van der Waals surface area (Å²) in [5.41, 5.74) is 10.5.